The summed E-state index contributed by atoms with van der Waals surface area (Å²) < 4.78 is 0. The van der Waals surface area contributed by atoms with Crippen LogP contribution in [-0.4, -0.2) is 46.0 Å². The number of amides is 3. The molecule has 0 radical (unpaired) electrons. The predicted octanol–water partition coefficient (Wildman–Crippen LogP) is 0.143. The average molecular weight is 283 g/mol. The molecule has 2 heterocycles. The minimum atomic E-state index is -0.848. The predicted molar refractivity (Wildman–Crippen MR) is 70.7 cm³/mol. The Morgan fingerprint density at radius 3 is 2.40 bits per heavy atom. The van der Waals surface area contributed by atoms with Crippen LogP contribution in [0.2, 0.25) is 0 Å². The molecule has 7 nitrogen and oxygen atoms in total. The fraction of sp³-hybridized carbons (Fsp3) is 0.769. The molecule has 2 bridgehead atoms. The summed E-state index contributed by atoms with van der Waals surface area (Å²) in [5.74, 6) is -1.65. The third-order valence-electron chi connectivity index (χ3n) is 4.34. The molecule has 4 N–H and O–H groups in total. The standard InChI is InChI=1S/C13H21N3O4/c1-6(2)10(15-13(14)20)11(17)16-7-3-4-9(16)8(5-7)12(18)19/h6-10H,3-5H2,1-2H3,(H,18,19)(H3,14,15,20). The Hall–Kier alpha value is -1.79. The Morgan fingerprint density at radius 1 is 1.30 bits per heavy atom. The Labute approximate surface area is 117 Å². The van der Waals surface area contributed by atoms with Crippen molar-refractivity contribution in [2.24, 2.45) is 17.6 Å². The first-order valence-electron chi connectivity index (χ1n) is 6.94. The number of rotatable bonds is 4. The second-order valence-electron chi connectivity index (χ2n) is 5.95. The number of hydrogen-bond donors (Lipinski definition) is 3. The second kappa shape index (κ2) is 5.30. The summed E-state index contributed by atoms with van der Waals surface area (Å²) >= 11 is 0. The highest BCUT2D eigenvalue weighted by Crippen LogP contribution is 2.42. The summed E-state index contributed by atoms with van der Waals surface area (Å²) in [4.78, 5) is 36.5. The van der Waals surface area contributed by atoms with Crippen molar-refractivity contribution >= 4 is 17.9 Å². The molecule has 112 valence electrons. The SMILES string of the molecule is CC(C)C(NC(N)=O)C(=O)N1C2CCC1C(C(=O)O)C2. The van der Waals surface area contributed by atoms with Gasteiger partial charge in [0.05, 0.1) is 5.92 Å². The highest BCUT2D eigenvalue weighted by Gasteiger charge is 2.52. The van der Waals surface area contributed by atoms with Gasteiger partial charge in [0, 0.05) is 12.1 Å². The van der Waals surface area contributed by atoms with E-state index in [0.717, 1.165) is 12.8 Å². The molecule has 4 atom stereocenters. The van der Waals surface area contributed by atoms with Crippen LogP contribution in [0.3, 0.4) is 0 Å². The minimum Gasteiger partial charge on any atom is -0.481 e. The van der Waals surface area contributed by atoms with E-state index in [2.05, 4.69) is 5.32 Å². The number of fused-ring (bicyclic) bond motifs is 2. The lowest BCUT2D eigenvalue weighted by molar-refractivity contribution is -0.143. The summed E-state index contributed by atoms with van der Waals surface area (Å²) in [5.41, 5.74) is 5.11. The van der Waals surface area contributed by atoms with Gasteiger partial charge in [0.15, 0.2) is 0 Å². The third kappa shape index (κ3) is 2.44. The molecular formula is C13H21N3O4. The highest BCUT2D eigenvalue weighted by atomic mass is 16.4. The van der Waals surface area contributed by atoms with Gasteiger partial charge in [-0.1, -0.05) is 13.8 Å². The van der Waals surface area contributed by atoms with Gasteiger partial charge in [-0.05, 0) is 25.2 Å². The van der Waals surface area contributed by atoms with Crippen LogP contribution in [0, 0.1) is 11.8 Å². The number of carbonyl (C=O) groups is 3. The molecule has 2 fully saturated rings. The van der Waals surface area contributed by atoms with E-state index in [1.54, 1.807) is 4.90 Å². The van der Waals surface area contributed by atoms with Crippen LogP contribution in [-0.2, 0) is 9.59 Å². The monoisotopic (exact) mass is 283 g/mol. The molecule has 0 saturated carbocycles. The number of nitrogens with zero attached hydrogens (tertiary/aromatic N) is 1. The largest absolute Gasteiger partial charge is 0.481 e. The fourth-order valence-electron chi connectivity index (χ4n) is 3.42. The zero-order chi connectivity index (χ0) is 15.0. The summed E-state index contributed by atoms with van der Waals surface area (Å²) in [7, 11) is 0. The van der Waals surface area contributed by atoms with Gasteiger partial charge >= 0.3 is 12.0 Å². The van der Waals surface area contributed by atoms with E-state index in [1.807, 2.05) is 13.8 Å². The molecule has 0 spiro atoms. The van der Waals surface area contributed by atoms with Gasteiger partial charge in [-0.3, -0.25) is 9.59 Å². The lowest BCUT2D eigenvalue weighted by Crippen LogP contribution is -2.54. The number of nitrogens with two attached hydrogens (primary N) is 1. The lowest BCUT2D eigenvalue weighted by atomic mass is 9.89. The van der Waals surface area contributed by atoms with Gasteiger partial charge in [0.25, 0.3) is 0 Å². The maximum Gasteiger partial charge on any atom is 0.312 e. The molecule has 2 rings (SSSR count). The Bertz CT molecular complexity index is 437. The van der Waals surface area contributed by atoms with E-state index < -0.39 is 24.0 Å². The third-order valence-corrected chi connectivity index (χ3v) is 4.34. The van der Waals surface area contributed by atoms with Gasteiger partial charge in [-0.2, -0.15) is 0 Å². The van der Waals surface area contributed by atoms with Gasteiger partial charge < -0.3 is 21.1 Å². The fourth-order valence-corrected chi connectivity index (χ4v) is 3.42. The van der Waals surface area contributed by atoms with Crippen LogP contribution < -0.4 is 11.1 Å². The maximum atomic E-state index is 12.6. The maximum absolute atomic E-state index is 12.6. The number of carboxylic acid groups (broad SMARTS) is 1. The van der Waals surface area contributed by atoms with E-state index in [1.165, 1.54) is 0 Å². The Kier molecular flexibility index (Phi) is 3.87. The molecule has 0 aliphatic carbocycles. The average Bonchev–Trinajstić information content (AvgIpc) is 2.91. The first-order valence-corrected chi connectivity index (χ1v) is 6.94. The Morgan fingerprint density at radius 2 is 1.95 bits per heavy atom. The molecular weight excluding hydrogens is 262 g/mol. The molecule has 0 aromatic heterocycles. The first kappa shape index (κ1) is 14.6. The van der Waals surface area contributed by atoms with Gasteiger partial charge in [0.2, 0.25) is 5.91 Å². The van der Waals surface area contributed by atoms with Crippen LogP contribution in [0.15, 0.2) is 0 Å². The Balaban J connectivity index is 2.16. The molecule has 2 saturated heterocycles. The number of hydrogen-bond acceptors (Lipinski definition) is 3. The van der Waals surface area contributed by atoms with E-state index in [4.69, 9.17) is 5.73 Å². The lowest BCUT2D eigenvalue weighted by Gasteiger charge is -2.30. The summed E-state index contributed by atoms with van der Waals surface area (Å²) in [5, 5.41) is 11.7. The normalized spacial score (nSPS) is 29.6. The summed E-state index contributed by atoms with van der Waals surface area (Å²) in [6.07, 6.45) is 2.06. The topological polar surface area (TPSA) is 113 Å². The zero-order valence-corrected chi connectivity index (χ0v) is 11.7. The van der Waals surface area contributed by atoms with Crippen molar-refractivity contribution in [3.8, 4) is 0 Å². The van der Waals surface area contributed by atoms with Gasteiger partial charge in [0.1, 0.15) is 6.04 Å². The molecule has 2 aliphatic rings. The number of urea groups is 1. The smallest absolute Gasteiger partial charge is 0.312 e. The van der Waals surface area contributed by atoms with Crippen molar-refractivity contribution in [3.63, 3.8) is 0 Å². The van der Waals surface area contributed by atoms with E-state index in [-0.39, 0.29) is 23.9 Å². The van der Waals surface area contributed by atoms with Crippen LogP contribution in [0.1, 0.15) is 33.1 Å². The van der Waals surface area contributed by atoms with E-state index >= 15 is 0 Å². The molecule has 3 amide bonds. The van der Waals surface area contributed by atoms with Crippen molar-refractivity contribution in [3.05, 3.63) is 0 Å². The number of nitrogens with one attached hydrogen (secondary N) is 1. The first-order chi connectivity index (χ1) is 9.32. The summed E-state index contributed by atoms with van der Waals surface area (Å²) in [6.45, 7) is 3.65. The molecule has 20 heavy (non-hydrogen) atoms. The molecule has 4 unspecified atom stereocenters. The number of aliphatic carboxylic acids is 1. The van der Waals surface area contributed by atoms with Crippen LogP contribution >= 0.6 is 0 Å². The number of carboxylic acids is 1. The second-order valence-corrected chi connectivity index (χ2v) is 5.95. The van der Waals surface area contributed by atoms with Gasteiger partial charge in [-0.15, -0.1) is 0 Å². The van der Waals surface area contributed by atoms with Crippen molar-refractivity contribution in [2.75, 3.05) is 0 Å². The van der Waals surface area contributed by atoms with Gasteiger partial charge in [-0.25, -0.2) is 4.79 Å². The molecule has 0 aromatic carbocycles. The zero-order valence-electron chi connectivity index (χ0n) is 11.7. The number of primary amides is 1. The van der Waals surface area contributed by atoms with Crippen molar-refractivity contribution in [1.82, 2.24) is 10.2 Å². The quantitative estimate of drug-likeness (QED) is 0.681. The van der Waals surface area contributed by atoms with Crippen LogP contribution in [0.25, 0.3) is 0 Å². The molecule has 7 heteroatoms. The van der Waals surface area contributed by atoms with Crippen molar-refractivity contribution in [2.45, 2.75) is 51.2 Å². The van der Waals surface area contributed by atoms with Crippen molar-refractivity contribution in [1.29, 1.82) is 0 Å². The molecule has 0 aromatic rings. The van der Waals surface area contributed by atoms with Crippen LogP contribution in [0.4, 0.5) is 4.79 Å². The van der Waals surface area contributed by atoms with Crippen molar-refractivity contribution < 1.29 is 19.5 Å². The van der Waals surface area contributed by atoms with E-state index in [0.29, 0.717) is 6.42 Å². The highest BCUT2D eigenvalue weighted by molar-refractivity contribution is 5.88. The summed E-state index contributed by atoms with van der Waals surface area (Å²) in [6, 6.07) is -1.70. The minimum absolute atomic E-state index is 0.0236. The number of carbonyl (C=O) groups excluding carboxylic acids is 2. The molecule has 2 aliphatic heterocycles. The van der Waals surface area contributed by atoms with Crippen LogP contribution in [0.5, 0.6) is 0 Å². The van der Waals surface area contributed by atoms with E-state index in [9.17, 15) is 19.5 Å².